The molecule has 164 valence electrons. The van der Waals surface area contributed by atoms with Crippen LogP contribution >= 0.6 is 23.2 Å². The number of sulfonamides is 1. The Morgan fingerprint density at radius 3 is 2.27 bits per heavy atom. The number of carbonyl (C=O) groups is 1. The summed E-state index contributed by atoms with van der Waals surface area (Å²) < 4.78 is 38.8. The smallest absolute Gasteiger partial charge is 0.263 e. The summed E-state index contributed by atoms with van der Waals surface area (Å²) in [6, 6.07) is 6.95. The zero-order valence-electron chi connectivity index (χ0n) is 17.3. The molecule has 1 amide bonds. The zero-order chi connectivity index (χ0) is 22.6. The zero-order valence-corrected chi connectivity index (χ0v) is 19.7. The van der Waals surface area contributed by atoms with Crippen LogP contribution < -0.4 is 14.2 Å². The van der Waals surface area contributed by atoms with Crippen LogP contribution in [0.4, 0.5) is 5.69 Å². The Balaban J connectivity index is 2.44. The fraction of sp³-hybridized carbons (Fsp3) is 0.350. The number of anilines is 1. The first-order valence-electron chi connectivity index (χ1n) is 8.99. The fourth-order valence-corrected chi connectivity index (χ4v) is 4.66. The lowest BCUT2D eigenvalue weighted by atomic mass is 10.1. The third-order valence-corrected chi connectivity index (χ3v) is 6.31. The van der Waals surface area contributed by atoms with E-state index < -0.39 is 10.0 Å². The number of ether oxygens (including phenoxy) is 2. The van der Waals surface area contributed by atoms with Gasteiger partial charge >= 0.3 is 0 Å². The molecule has 0 bridgehead atoms. The fourth-order valence-electron chi connectivity index (χ4n) is 2.83. The highest BCUT2D eigenvalue weighted by Crippen LogP contribution is 2.37. The SMILES string of the molecule is COc1cc(OC)c(NS(=O)(=O)c2cc(C(=O)N(C)CC(C)C)ccc2Cl)cc1Cl. The number of nitrogens with one attached hydrogen (secondary N) is 1. The van der Waals surface area contributed by atoms with Crippen LogP contribution in [-0.2, 0) is 10.0 Å². The van der Waals surface area contributed by atoms with Crippen molar-refractivity contribution in [3.05, 3.63) is 45.9 Å². The predicted octanol–water partition coefficient (Wildman–Crippen LogP) is 4.54. The van der Waals surface area contributed by atoms with Crippen molar-refractivity contribution in [2.75, 3.05) is 32.5 Å². The van der Waals surface area contributed by atoms with Crippen LogP contribution in [0.15, 0.2) is 35.2 Å². The molecule has 7 nitrogen and oxygen atoms in total. The normalized spacial score (nSPS) is 11.3. The van der Waals surface area contributed by atoms with Gasteiger partial charge in [-0.25, -0.2) is 8.42 Å². The Labute approximate surface area is 186 Å². The average Bonchev–Trinajstić information content (AvgIpc) is 2.67. The van der Waals surface area contributed by atoms with Gasteiger partial charge in [0.25, 0.3) is 15.9 Å². The molecule has 0 saturated heterocycles. The van der Waals surface area contributed by atoms with Crippen LogP contribution in [0.3, 0.4) is 0 Å². The van der Waals surface area contributed by atoms with Crippen molar-refractivity contribution in [3.63, 3.8) is 0 Å². The highest BCUT2D eigenvalue weighted by atomic mass is 35.5. The summed E-state index contributed by atoms with van der Waals surface area (Å²) in [5, 5.41) is 0.172. The number of hydrogen-bond donors (Lipinski definition) is 1. The summed E-state index contributed by atoms with van der Waals surface area (Å²) in [5.74, 6) is 0.500. The minimum atomic E-state index is -4.15. The average molecular weight is 475 g/mol. The van der Waals surface area contributed by atoms with Gasteiger partial charge in [0.1, 0.15) is 16.4 Å². The maximum Gasteiger partial charge on any atom is 0.263 e. The Hall–Kier alpha value is -2.16. The molecular formula is C20H24Cl2N2O5S. The first kappa shape index (κ1) is 24.1. The van der Waals surface area contributed by atoms with E-state index in [2.05, 4.69) is 4.72 Å². The van der Waals surface area contributed by atoms with E-state index in [1.165, 1.54) is 49.5 Å². The van der Waals surface area contributed by atoms with Gasteiger partial charge in [0.15, 0.2) is 0 Å². The Morgan fingerprint density at radius 1 is 1.07 bits per heavy atom. The van der Waals surface area contributed by atoms with Gasteiger partial charge in [-0.15, -0.1) is 0 Å². The van der Waals surface area contributed by atoms with Gasteiger partial charge in [-0.1, -0.05) is 37.0 Å². The van der Waals surface area contributed by atoms with Crippen LogP contribution in [0.1, 0.15) is 24.2 Å². The maximum atomic E-state index is 13.0. The highest BCUT2D eigenvalue weighted by Gasteiger charge is 2.24. The number of methoxy groups -OCH3 is 2. The first-order chi connectivity index (χ1) is 14.0. The number of halogens is 2. The molecule has 0 aromatic heterocycles. The quantitative estimate of drug-likeness (QED) is 0.606. The molecule has 0 fully saturated rings. The van der Waals surface area contributed by atoms with E-state index in [9.17, 15) is 13.2 Å². The van der Waals surface area contributed by atoms with Crippen LogP contribution in [0.2, 0.25) is 10.0 Å². The van der Waals surface area contributed by atoms with E-state index in [4.69, 9.17) is 32.7 Å². The van der Waals surface area contributed by atoms with Gasteiger partial charge in [0.2, 0.25) is 0 Å². The van der Waals surface area contributed by atoms with E-state index in [1.54, 1.807) is 7.05 Å². The van der Waals surface area contributed by atoms with Gasteiger partial charge in [-0.05, 0) is 30.2 Å². The molecule has 0 aliphatic rings. The minimum absolute atomic E-state index is 0.0239. The molecule has 0 heterocycles. The topological polar surface area (TPSA) is 84.9 Å². The number of rotatable bonds is 8. The van der Waals surface area contributed by atoms with Crippen LogP contribution in [0.5, 0.6) is 11.5 Å². The van der Waals surface area contributed by atoms with Gasteiger partial charge in [-0.3, -0.25) is 9.52 Å². The molecule has 0 radical (unpaired) electrons. The van der Waals surface area contributed by atoms with Gasteiger partial charge in [0.05, 0.1) is 30.0 Å². The number of benzene rings is 2. The van der Waals surface area contributed by atoms with Crippen LogP contribution in [0.25, 0.3) is 0 Å². The second-order valence-corrected chi connectivity index (χ2v) is 9.48. The molecule has 30 heavy (non-hydrogen) atoms. The number of carbonyl (C=O) groups excluding carboxylic acids is 1. The summed E-state index contributed by atoms with van der Waals surface area (Å²) in [7, 11) is 0.330. The van der Waals surface area contributed by atoms with Crippen molar-refractivity contribution in [3.8, 4) is 11.5 Å². The molecule has 0 aliphatic heterocycles. The summed E-state index contributed by atoms with van der Waals surface area (Å²) in [4.78, 5) is 14.0. The van der Waals surface area contributed by atoms with Crippen molar-refractivity contribution >= 4 is 44.8 Å². The van der Waals surface area contributed by atoms with Crippen molar-refractivity contribution in [1.29, 1.82) is 0 Å². The van der Waals surface area contributed by atoms with Gasteiger partial charge in [0, 0.05) is 25.2 Å². The first-order valence-corrected chi connectivity index (χ1v) is 11.2. The van der Waals surface area contributed by atoms with Crippen LogP contribution in [0, 0.1) is 5.92 Å². The van der Waals surface area contributed by atoms with E-state index in [0.717, 1.165) is 0 Å². The second-order valence-electron chi connectivity index (χ2n) is 7.02. The standard InChI is InChI=1S/C20H24Cl2N2O5S/c1-12(2)11-24(3)20(25)13-6-7-14(21)19(8-13)30(26,27)23-16-9-15(22)17(28-4)10-18(16)29-5/h6-10,12,23H,11H2,1-5H3. The largest absolute Gasteiger partial charge is 0.495 e. The monoisotopic (exact) mass is 474 g/mol. The van der Waals surface area contributed by atoms with Crippen molar-refractivity contribution in [2.24, 2.45) is 5.92 Å². The van der Waals surface area contributed by atoms with Gasteiger partial charge < -0.3 is 14.4 Å². The number of nitrogens with zero attached hydrogens (tertiary/aromatic N) is 1. The lowest BCUT2D eigenvalue weighted by Gasteiger charge is -2.20. The third-order valence-electron chi connectivity index (χ3n) is 4.17. The van der Waals surface area contributed by atoms with Crippen LogP contribution in [-0.4, -0.2) is 47.0 Å². The van der Waals surface area contributed by atoms with Crippen molar-refractivity contribution in [1.82, 2.24) is 4.90 Å². The van der Waals surface area contributed by atoms with E-state index in [-0.39, 0.29) is 43.8 Å². The lowest BCUT2D eigenvalue weighted by molar-refractivity contribution is 0.0779. The Bertz CT molecular complexity index is 1040. The third kappa shape index (κ3) is 5.50. The van der Waals surface area contributed by atoms with Crippen molar-refractivity contribution in [2.45, 2.75) is 18.7 Å². The van der Waals surface area contributed by atoms with E-state index in [1.807, 2.05) is 13.8 Å². The Morgan fingerprint density at radius 2 is 1.70 bits per heavy atom. The maximum absolute atomic E-state index is 13.0. The molecule has 10 heteroatoms. The summed E-state index contributed by atoms with van der Waals surface area (Å²) in [5.41, 5.74) is 0.315. The summed E-state index contributed by atoms with van der Waals surface area (Å²) in [6.07, 6.45) is 0. The molecule has 0 aliphatic carbocycles. The molecule has 2 rings (SSSR count). The van der Waals surface area contributed by atoms with Gasteiger partial charge in [-0.2, -0.15) is 0 Å². The number of amides is 1. The van der Waals surface area contributed by atoms with Crippen molar-refractivity contribution < 1.29 is 22.7 Å². The number of hydrogen-bond acceptors (Lipinski definition) is 5. The minimum Gasteiger partial charge on any atom is -0.495 e. The predicted molar refractivity (Wildman–Crippen MR) is 119 cm³/mol. The molecule has 1 N–H and O–H groups in total. The summed E-state index contributed by atoms with van der Waals surface area (Å²) >= 11 is 12.3. The molecule has 0 unspecified atom stereocenters. The molecule has 0 spiro atoms. The molecular weight excluding hydrogens is 451 g/mol. The summed E-state index contributed by atoms with van der Waals surface area (Å²) in [6.45, 7) is 4.50. The molecule has 0 atom stereocenters. The van der Waals surface area contributed by atoms with E-state index in [0.29, 0.717) is 12.3 Å². The highest BCUT2D eigenvalue weighted by molar-refractivity contribution is 7.92. The lowest BCUT2D eigenvalue weighted by Crippen LogP contribution is -2.30. The Kier molecular flexibility index (Phi) is 7.85. The molecule has 2 aromatic carbocycles. The molecule has 0 saturated carbocycles. The van der Waals surface area contributed by atoms with E-state index >= 15 is 0 Å². The second kappa shape index (κ2) is 9.76. The molecule has 2 aromatic rings.